The predicted molar refractivity (Wildman–Crippen MR) is 85.7 cm³/mol. The third-order valence-corrected chi connectivity index (χ3v) is 2.80. The summed E-state index contributed by atoms with van der Waals surface area (Å²) in [5.41, 5.74) is 1.92. The Hall–Kier alpha value is -1.64. The summed E-state index contributed by atoms with van der Waals surface area (Å²) in [5.74, 6) is 0. The third kappa shape index (κ3) is 7.07. The highest BCUT2D eigenvalue weighted by Gasteiger charge is 1.98. The first-order valence-corrected chi connectivity index (χ1v) is 7.15. The average molecular weight is 291 g/mol. The molecule has 0 aliphatic rings. The summed E-state index contributed by atoms with van der Waals surface area (Å²) in [5, 5.41) is 15.4. The molecule has 1 rings (SSSR count). The average Bonchev–Trinajstić information content (AvgIpc) is 2.40. The summed E-state index contributed by atoms with van der Waals surface area (Å²) >= 11 is 5.21. The van der Waals surface area contributed by atoms with E-state index < -0.39 is 0 Å². The van der Waals surface area contributed by atoms with Crippen molar-refractivity contribution >= 4 is 23.0 Å². The maximum absolute atomic E-state index is 8.60. The fourth-order valence-corrected chi connectivity index (χ4v) is 1.79. The highest BCUT2D eigenvalue weighted by Crippen LogP contribution is 2.09. The van der Waals surface area contributed by atoms with E-state index in [-0.39, 0.29) is 6.10 Å². The number of benzene rings is 1. The highest BCUT2D eigenvalue weighted by molar-refractivity contribution is 7.80. The molecule has 0 bridgehead atoms. The first-order valence-electron chi connectivity index (χ1n) is 6.74. The van der Waals surface area contributed by atoms with Crippen molar-refractivity contribution in [3.63, 3.8) is 0 Å². The Kier molecular flexibility index (Phi) is 7.63. The molecule has 20 heavy (non-hydrogen) atoms. The maximum atomic E-state index is 8.60. The molecule has 5 heteroatoms. The van der Waals surface area contributed by atoms with Crippen molar-refractivity contribution in [2.75, 3.05) is 18.5 Å². The van der Waals surface area contributed by atoms with E-state index in [9.17, 15) is 0 Å². The van der Waals surface area contributed by atoms with Crippen LogP contribution in [-0.4, -0.2) is 24.4 Å². The second kappa shape index (κ2) is 9.29. The second-order valence-electron chi connectivity index (χ2n) is 4.69. The molecule has 0 aliphatic heterocycles. The lowest BCUT2D eigenvalue weighted by Crippen LogP contribution is -2.29. The summed E-state index contributed by atoms with van der Waals surface area (Å²) in [6.07, 6.45) is 1.62. The number of nitrogens with zero attached hydrogens (tertiary/aromatic N) is 1. The molecule has 1 aromatic carbocycles. The zero-order chi connectivity index (χ0) is 14.8. The molecule has 0 radical (unpaired) electrons. The second-order valence-corrected chi connectivity index (χ2v) is 5.09. The molecule has 2 N–H and O–H groups in total. The van der Waals surface area contributed by atoms with Gasteiger partial charge >= 0.3 is 0 Å². The van der Waals surface area contributed by atoms with Gasteiger partial charge in [-0.05, 0) is 50.2 Å². The first-order chi connectivity index (χ1) is 9.61. The molecule has 108 valence electrons. The van der Waals surface area contributed by atoms with Crippen LogP contribution in [0.25, 0.3) is 0 Å². The Labute approximate surface area is 126 Å². The van der Waals surface area contributed by atoms with Gasteiger partial charge in [-0.1, -0.05) is 12.1 Å². The molecule has 0 aliphatic carbocycles. The number of hydrogen-bond donors (Lipinski definition) is 2. The summed E-state index contributed by atoms with van der Waals surface area (Å²) in [7, 11) is 0. The monoisotopic (exact) mass is 291 g/mol. The maximum Gasteiger partial charge on any atom is 0.170 e. The van der Waals surface area contributed by atoms with Gasteiger partial charge in [-0.25, -0.2) is 0 Å². The highest BCUT2D eigenvalue weighted by atomic mass is 32.1. The molecule has 1 aromatic rings. The van der Waals surface area contributed by atoms with Crippen LogP contribution in [0.3, 0.4) is 0 Å². The quantitative estimate of drug-likeness (QED) is 0.597. The summed E-state index contributed by atoms with van der Waals surface area (Å²) in [4.78, 5) is 0. The predicted octanol–water partition coefficient (Wildman–Crippen LogP) is 2.85. The first kappa shape index (κ1) is 16.4. The minimum absolute atomic E-state index is 0.270. The Balaban J connectivity index is 2.23. The molecule has 0 amide bonds. The van der Waals surface area contributed by atoms with Gasteiger partial charge in [0, 0.05) is 18.8 Å². The van der Waals surface area contributed by atoms with Crippen molar-refractivity contribution in [2.45, 2.75) is 32.8 Å². The van der Waals surface area contributed by atoms with Crippen LogP contribution in [0.15, 0.2) is 24.3 Å². The summed E-state index contributed by atoms with van der Waals surface area (Å²) in [6.45, 7) is 5.56. The molecule has 0 heterocycles. The van der Waals surface area contributed by atoms with Crippen molar-refractivity contribution in [3.8, 4) is 6.07 Å². The van der Waals surface area contributed by atoms with Crippen molar-refractivity contribution in [2.24, 2.45) is 0 Å². The summed E-state index contributed by atoms with van der Waals surface area (Å²) in [6, 6.07) is 9.80. The number of rotatable bonds is 7. The van der Waals surface area contributed by atoms with E-state index in [4.69, 9.17) is 22.2 Å². The van der Waals surface area contributed by atoms with Crippen LogP contribution < -0.4 is 10.6 Å². The lowest BCUT2D eigenvalue weighted by atomic mass is 10.1. The van der Waals surface area contributed by atoms with E-state index in [0.717, 1.165) is 30.8 Å². The Bertz CT molecular complexity index is 451. The van der Waals surface area contributed by atoms with E-state index in [2.05, 4.69) is 16.7 Å². The van der Waals surface area contributed by atoms with E-state index in [0.29, 0.717) is 11.5 Å². The zero-order valence-corrected chi connectivity index (χ0v) is 12.8. The van der Waals surface area contributed by atoms with Gasteiger partial charge < -0.3 is 15.4 Å². The lowest BCUT2D eigenvalue weighted by molar-refractivity contribution is 0.0777. The largest absolute Gasteiger partial charge is 0.379 e. The third-order valence-electron chi connectivity index (χ3n) is 2.55. The van der Waals surface area contributed by atoms with Crippen LogP contribution >= 0.6 is 12.2 Å². The number of anilines is 1. The van der Waals surface area contributed by atoms with Gasteiger partial charge in [-0.3, -0.25) is 0 Å². The molecule has 0 saturated heterocycles. The molecule has 0 saturated carbocycles. The van der Waals surface area contributed by atoms with Crippen LogP contribution in [0.1, 0.15) is 25.8 Å². The van der Waals surface area contributed by atoms with E-state index in [1.54, 1.807) is 0 Å². The molecular formula is C15H21N3OS. The van der Waals surface area contributed by atoms with Gasteiger partial charge in [0.25, 0.3) is 0 Å². The lowest BCUT2D eigenvalue weighted by Gasteiger charge is -2.11. The number of hydrogen-bond acceptors (Lipinski definition) is 3. The standard InChI is InChI=1S/C15H21N3OS/c1-12(2)19-11-3-10-17-15(20)18-14-6-4-13(5-7-14)8-9-16/h4-7,12H,3,8,10-11H2,1-2H3,(H2,17,18,20). The zero-order valence-electron chi connectivity index (χ0n) is 12.0. The molecule has 0 atom stereocenters. The van der Waals surface area contributed by atoms with Crippen molar-refractivity contribution in [1.29, 1.82) is 5.26 Å². The van der Waals surface area contributed by atoms with Crippen molar-refractivity contribution in [3.05, 3.63) is 29.8 Å². The van der Waals surface area contributed by atoms with E-state index >= 15 is 0 Å². The van der Waals surface area contributed by atoms with Crippen LogP contribution in [0, 0.1) is 11.3 Å². The fraction of sp³-hybridized carbons (Fsp3) is 0.467. The molecule has 0 spiro atoms. The van der Waals surface area contributed by atoms with Crippen molar-refractivity contribution in [1.82, 2.24) is 5.32 Å². The molecule has 0 unspecified atom stereocenters. The Morgan fingerprint density at radius 3 is 2.65 bits per heavy atom. The van der Waals surface area contributed by atoms with Crippen LogP contribution in [-0.2, 0) is 11.2 Å². The topological polar surface area (TPSA) is 57.1 Å². The minimum atomic E-state index is 0.270. The van der Waals surface area contributed by atoms with Gasteiger partial charge in [-0.2, -0.15) is 5.26 Å². The Morgan fingerprint density at radius 1 is 1.35 bits per heavy atom. The molecular weight excluding hydrogens is 270 g/mol. The van der Waals surface area contributed by atoms with Crippen LogP contribution in [0.4, 0.5) is 5.69 Å². The fourth-order valence-electron chi connectivity index (χ4n) is 1.57. The molecule has 4 nitrogen and oxygen atoms in total. The van der Waals surface area contributed by atoms with Gasteiger partial charge in [0.1, 0.15) is 0 Å². The number of ether oxygens (including phenoxy) is 1. The number of thiocarbonyl (C=S) groups is 1. The summed E-state index contributed by atoms with van der Waals surface area (Å²) < 4.78 is 5.45. The Morgan fingerprint density at radius 2 is 2.05 bits per heavy atom. The van der Waals surface area contributed by atoms with E-state index in [1.165, 1.54) is 0 Å². The van der Waals surface area contributed by atoms with Gasteiger partial charge in [0.15, 0.2) is 5.11 Å². The van der Waals surface area contributed by atoms with Gasteiger partial charge in [0.05, 0.1) is 18.6 Å². The molecule has 0 aromatic heterocycles. The molecule has 0 fully saturated rings. The van der Waals surface area contributed by atoms with Gasteiger partial charge in [0.2, 0.25) is 0 Å². The number of nitrogens with one attached hydrogen (secondary N) is 2. The number of nitriles is 1. The van der Waals surface area contributed by atoms with Gasteiger partial charge in [-0.15, -0.1) is 0 Å². The van der Waals surface area contributed by atoms with Crippen LogP contribution in [0.2, 0.25) is 0 Å². The minimum Gasteiger partial charge on any atom is -0.379 e. The van der Waals surface area contributed by atoms with Crippen LogP contribution in [0.5, 0.6) is 0 Å². The van der Waals surface area contributed by atoms with E-state index in [1.807, 2.05) is 38.1 Å². The van der Waals surface area contributed by atoms with Crippen molar-refractivity contribution < 1.29 is 4.74 Å². The normalized spacial score (nSPS) is 10.1. The SMILES string of the molecule is CC(C)OCCCNC(=S)Nc1ccc(CC#N)cc1. The smallest absolute Gasteiger partial charge is 0.170 e.